The zero-order chi connectivity index (χ0) is 28.3. The van der Waals surface area contributed by atoms with Crippen molar-refractivity contribution in [2.75, 3.05) is 31.5 Å². The van der Waals surface area contributed by atoms with Crippen molar-refractivity contribution in [1.29, 1.82) is 0 Å². The molecule has 11 heteroatoms. The molecular weight excluding hydrogens is 620 g/mol. The monoisotopic (exact) mass is 645 g/mol. The number of aryl methyl sites for hydroxylation is 1. The molecule has 0 radical (unpaired) electrons. The van der Waals surface area contributed by atoms with Crippen molar-refractivity contribution in [3.63, 3.8) is 0 Å². The number of amides is 2. The van der Waals surface area contributed by atoms with E-state index in [1.165, 1.54) is 39.2 Å². The summed E-state index contributed by atoms with van der Waals surface area (Å²) in [6.45, 7) is 2.97. The molecule has 0 atom stereocenters. The van der Waals surface area contributed by atoms with Gasteiger partial charge in [-0.1, -0.05) is 17.3 Å². The average Bonchev–Trinajstić information content (AvgIpc) is 3.28. The molecule has 0 fully saturated rings. The summed E-state index contributed by atoms with van der Waals surface area (Å²) >= 11 is 1.99. The summed E-state index contributed by atoms with van der Waals surface area (Å²) in [7, 11) is 4.41. The molecule has 1 heterocycles. The highest BCUT2D eigenvalue weighted by atomic mass is 127. The standard InChI is InChI=1S/C28H25FIN3O6/c1-15-24(26(32-39-15)25-20(29)10-7-11-21(25)30)28(35)33(18-9-6-8-17(12-18)31-16(2)34)19-13-22(36-3)27(38-5)23(14-19)37-4/h6-14H,1-5H3,(H,31,34). The van der Waals surface area contributed by atoms with Gasteiger partial charge in [0.2, 0.25) is 11.7 Å². The topological polar surface area (TPSA) is 103 Å². The van der Waals surface area contributed by atoms with Crippen molar-refractivity contribution in [1.82, 2.24) is 5.16 Å². The Morgan fingerprint density at radius 2 is 1.64 bits per heavy atom. The fraction of sp³-hybridized carbons (Fsp3) is 0.179. The lowest BCUT2D eigenvalue weighted by Gasteiger charge is -2.25. The van der Waals surface area contributed by atoms with Crippen LogP contribution in [0.5, 0.6) is 17.2 Å². The molecule has 0 aliphatic heterocycles. The van der Waals surface area contributed by atoms with Crippen LogP contribution in [0.4, 0.5) is 21.5 Å². The number of rotatable bonds is 8. The van der Waals surface area contributed by atoms with E-state index in [2.05, 4.69) is 10.5 Å². The summed E-state index contributed by atoms with van der Waals surface area (Å²) < 4.78 is 37.4. The van der Waals surface area contributed by atoms with E-state index in [0.717, 1.165) is 0 Å². The van der Waals surface area contributed by atoms with Gasteiger partial charge in [0.25, 0.3) is 5.91 Å². The van der Waals surface area contributed by atoms with Gasteiger partial charge in [-0.3, -0.25) is 14.5 Å². The first kappa shape index (κ1) is 27.9. The van der Waals surface area contributed by atoms with Gasteiger partial charge < -0.3 is 24.1 Å². The quantitative estimate of drug-likeness (QED) is 0.223. The Balaban J connectivity index is 1.98. The number of anilines is 3. The number of aromatic nitrogens is 1. The molecule has 0 saturated heterocycles. The predicted octanol–water partition coefficient (Wildman–Crippen LogP) is 6.36. The van der Waals surface area contributed by atoms with Crippen LogP contribution < -0.4 is 24.4 Å². The van der Waals surface area contributed by atoms with Gasteiger partial charge in [-0.15, -0.1) is 0 Å². The van der Waals surface area contributed by atoms with Gasteiger partial charge >= 0.3 is 0 Å². The third-order valence-corrected chi connectivity index (χ3v) is 6.71. The lowest BCUT2D eigenvalue weighted by atomic mass is 10.0. The highest BCUT2D eigenvalue weighted by molar-refractivity contribution is 14.1. The third-order valence-electron chi connectivity index (χ3n) is 5.81. The maximum Gasteiger partial charge on any atom is 0.268 e. The average molecular weight is 645 g/mol. The summed E-state index contributed by atoms with van der Waals surface area (Å²) in [6, 6.07) is 14.5. The van der Waals surface area contributed by atoms with Crippen LogP contribution in [0.25, 0.3) is 11.3 Å². The fourth-order valence-corrected chi connectivity index (χ4v) is 4.86. The zero-order valence-electron chi connectivity index (χ0n) is 21.8. The molecule has 2 amide bonds. The van der Waals surface area contributed by atoms with Crippen LogP contribution in [0.1, 0.15) is 23.0 Å². The van der Waals surface area contributed by atoms with E-state index in [1.54, 1.807) is 55.5 Å². The second kappa shape index (κ2) is 11.7. The van der Waals surface area contributed by atoms with Gasteiger partial charge in [0.05, 0.1) is 38.3 Å². The minimum atomic E-state index is -0.558. The Kier molecular flexibility index (Phi) is 8.38. The number of halogens is 2. The van der Waals surface area contributed by atoms with Gasteiger partial charge in [0, 0.05) is 28.3 Å². The molecule has 4 rings (SSSR count). The molecule has 1 aromatic heterocycles. The van der Waals surface area contributed by atoms with E-state index >= 15 is 0 Å². The van der Waals surface area contributed by atoms with Crippen molar-refractivity contribution in [2.45, 2.75) is 13.8 Å². The summed E-state index contributed by atoms with van der Waals surface area (Å²) in [5.74, 6) is -0.213. The molecule has 39 heavy (non-hydrogen) atoms. The van der Waals surface area contributed by atoms with E-state index in [1.807, 2.05) is 22.6 Å². The summed E-state index contributed by atoms with van der Waals surface area (Å²) in [5.41, 5.74) is 1.50. The van der Waals surface area contributed by atoms with Gasteiger partial charge in [-0.2, -0.15) is 0 Å². The smallest absolute Gasteiger partial charge is 0.268 e. The first-order valence-corrected chi connectivity index (χ1v) is 12.7. The summed E-state index contributed by atoms with van der Waals surface area (Å²) in [4.78, 5) is 27.6. The van der Waals surface area contributed by atoms with Crippen LogP contribution in [0.2, 0.25) is 0 Å². The number of hydrogen-bond acceptors (Lipinski definition) is 7. The number of hydrogen-bond donors (Lipinski definition) is 1. The van der Waals surface area contributed by atoms with E-state index in [-0.39, 0.29) is 28.5 Å². The van der Waals surface area contributed by atoms with Crippen molar-refractivity contribution in [3.05, 3.63) is 75.3 Å². The third kappa shape index (κ3) is 5.53. The summed E-state index contributed by atoms with van der Waals surface area (Å²) in [5, 5.41) is 6.78. The molecule has 0 aliphatic carbocycles. The second-order valence-corrected chi connectivity index (χ2v) is 9.48. The molecule has 9 nitrogen and oxygen atoms in total. The van der Waals surface area contributed by atoms with Gasteiger partial charge in [0.1, 0.15) is 22.8 Å². The molecule has 202 valence electrons. The Labute approximate surface area is 238 Å². The minimum absolute atomic E-state index is 0.0652. The van der Waals surface area contributed by atoms with Crippen LogP contribution >= 0.6 is 22.6 Å². The van der Waals surface area contributed by atoms with E-state index < -0.39 is 11.7 Å². The Morgan fingerprint density at radius 1 is 0.974 bits per heavy atom. The van der Waals surface area contributed by atoms with Crippen LogP contribution in [-0.2, 0) is 4.79 Å². The number of ether oxygens (including phenoxy) is 3. The zero-order valence-corrected chi connectivity index (χ0v) is 24.0. The van der Waals surface area contributed by atoms with Crippen LogP contribution in [-0.4, -0.2) is 38.3 Å². The van der Waals surface area contributed by atoms with Gasteiger partial charge in [-0.05, 0) is 59.8 Å². The lowest BCUT2D eigenvalue weighted by molar-refractivity contribution is -0.114. The Morgan fingerprint density at radius 3 is 2.23 bits per heavy atom. The highest BCUT2D eigenvalue weighted by Crippen LogP contribution is 2.44. The minimum Gasteiger partial charge on any atom is -0.493 e. The van der Waals surface area contributed by atoms with E-state index in [9.17, 15) is 14.0 Å². The van der Waals surface area contributed by atoms with E-state index in [4.69, 9.17) is 18.7 Å². The molecule has 0 aliphatic rings. The first-order chi connectivity index (χ1) is 18.7. The SMILES string of the molecule is COc1cc(N(C(=O)c2c(-c3c(F)cccc3I)noc2C)c2cccc(NC(C)=O)c2)cc(OC)c1OC. The molecule has 4 aromatic rings. The van der Waals surface area contributed by atoms with Gasteiger partial charge in [-0.25, -0.2) is 4.39 Å². The molecule has 1 N–H and O–H groups in total. The van der Waals surface area contributed by atoms with Crippen LogP contribution in [0, 0.1) is 16.3 Å². The maximum absolute atomic E-state index is 15.0. The number of carbonyl (C=O) groups is 2. The van der Waals surface area contributed by atoms with Crippen molar-refractivity contribution >= 4 is 51.5 Å². The molecule has 0 unspecified atom stereocenters. The van der Waals surface area contributed by atoms with Gasteiger partial charge in [0.15, 0.2) is 11.5 Å². The normalized spacial score (nSPS) is 10.6. The molecule has 0 saturated carbocycles. The number of methoxy groups -OCH3 is 3. The molecule has 0 spiro atoms. The molecule has 0 bridgehead atoms. The lowest BCUT2D eigenvalue weighted by Crippen LogP contribution is -2.27. The van der Waals surface area contributed by atoms with Crippen LogP contribution in [0.3, 0.4) is 0 Å². The van der Waals surface area contributed by atoms with Crippen molar-refractivity contribution < 1.29 is 32.7 Å². The van der Waals surface area contributed by atoms with E-state index in [0.29, 0.717) is 37.9 Å². The molecular formula is C28H25FIN3O6. The predicted molar refractivity (Wildman–Crippen MR) is 153 cm³/mol. The fourth-order valence-electron chi connectivity index (χ4n) is 4.14. The Hall–Kier alpha value is -4.13. The molecule has 3 aromatic carbocycles. The summed E-state index contributed by atoms with van der Waals surface area (Å²) in [6.07, 6.45) is 0. The highest BCUT2D eigenvalue weighted by Gasteiger charge is 2.31. The number of benzene rings is 3. The number of nitrogens with zero attached hydrogens (tertiary/aromatic N) is 2. The van der Waals surface area contributed by atoms with Crippen LogP contribution in [0.15, 0.2) is 59.1 Å². The number of nitrogens with one attached hydrogen (secondary N) is 1. The number of carbonyl (C=O) groups excluding carboxylic acids is 2. The maximum atomic E-state index is 15.0. The first-order valence-electron chi connectivity index (χ1n) is 11.6. The largest absolute Gasteiger partial charge is 0.493 e. The second-order valence-electron chi connectivity index (χ2n) is 8.31. The Bertz CT molecular complexity index is 1510. The van der Waals surface area contributed by atoms with Crippen molar-refractivity contribution in [2.24, 2.45) is 0 Å². The van der Waals surface area contributed by atoms with Crippen molar-refractivity contribution in [3.8, 4) is 28.5 Å².